The van der Waals surface area contributed by atoms with E-state index in [1.165, 1.54) is 16.6 Å². The molecule has 17 heavy (non-hydrogen) atoms. The van der Waals surface area contributed by atoms with Crippen LogP contribution in [0.3, 0.4) is 0 Å². The smallest absolute Gasteiger partial charge is 0.0459 e. The zero-order valence-corrected chi connectivity index (χ0v) is 10.5. The molecule has 0 bridgehead atoms. The molecule has 1 heterocycles. The number of para-hydroxylation sites is 1. The van der Waals surface area contributed by atoms with Crippen LogP contribution in [0.4, 0.5) is 0 Å². The molecular weight excluding hydrogens is 210 g/mol. The van der Waals surface area contributed by atoms with Gasteiger partial charge in [-0.1, -0.05) is 25.1 Å². The van der Waals surface area contributed by atoms with Crippen molar-refractivity contribution in [3.05, 3.63) is 35.5 Å². The normalized spacial score (nSPS) is 15.1. The second-order valence-electron chi connectivity index (χ2n) is 4.79. The third kappa shape index (κ3) is 2.21. The van der Waals surface area contributed by atoms with Gasteiger partial charge in [0, 0.05) is 22.6 Å². The van der Waals surface area contributed by atoms with Gasteiger partial charge in [-0.3, -0.25) is 0 Å². The molecule has 2 rings (SSSR count). The van der Waals surface area contributed by atoms with Crippen LogP contribution in [0.1, 0.15) is 30.6 Å². The fourth-order valence-electron chi connectivity index (χ4n) is 2.45. The number of nitrogens with two attached hydrogens (primary N) is 2. The summed E-state index contributed by atoms with van der Waals surface area (Å²) in [6.45, 7) is 4.94. The molecule has 0 saturated carbocycles. The fraction of sp³-hybridized carbons (Fsp3) is 0.429. The van der Waals surface area contributed by atoms with Crippen LogP contribution in [-0.2, 0) is 0 Å². The standard InChI is InChI=1S/C14H21N3/c1-9(7-8-15)14(16)13-10(2)17-12-6-4-3-5-11(12)13/h3-6,9,14,17H,7-8,15-16H2,1-2H3. The monoisotopic (exact) mass is 231 g/mol. The van der Waals surface area contributed by atoms with Crippen molar-refractivity contribution in [1.29, 1.82) is 0 Å². The average molecular weight is 231 g/mol. The van der Waals surface area contributed by atoms with Gasteiger partial charge >= 0.3 is 0 Å². The maximum atomic E-state index is 6.36. The molecule has 1 aromatic carbocycles. The van der Waals surface area contributed by atoms with Gasteiger partial charge in [-0.2, -0.15) is 0 Å². The van der Waals surface area contributed by atoms with Crippen LogP contribution in [0.25, 0.3) is 10.9 Å². The quantitative estimate of drug-likeness (QED) is 0.756. The molecule has 3 heteroatoms. The van der Waals surface area contributed by atoms with Crippen LogP contribution in [-0.4, -0.2) is 11.5 Å². The summed E-state index contributed by atoms with van der Waals surface area (Å²) in [5.74, 6) is 0.401. The van der Waals surface area contributed by atoms with Crippen molar-refractivity contribution in [1.82, 2.24) is 4.98 Å². The minimum atomic E-state index is 0.0506. The molecule has 0 aliphatic carbocycles. The molecule has 0 saturated heterocycles. The van der Waals surface area contributed by atoms with E-state index in [4.69, 9.17) is 11.5 Å². The summed E-state index contributed by atoms with van der Waals surface area (Å²) in [6.07, 6.45) is 0.958. The molecule has 0 amide bonds. The van der Waals surface area contributed by atoms with Crippen molar-refractivity contribution in [2.24, 2.45) is 17.4 Å². The molecule has 0 radical (unpaired) electrons. The summed E-state index contributed by atoms with van der Waals surface area (Å²) >= 11 is 0. The SMILES string of the molecule is Cc1[nH]c2ccccc2c1C(N)C(C)CCN. The highest BCUT2D eigenvalue weighted by molar-refractivity contribution is 5.85. The minimum absolute atomic E-state index is 0.0506. The summed E-state index contributed by atoms with van der Waals surface area (Å²) in [7, 11) is 0. The van der Waals surface area contributed by atoms with Crippen molar-refractivity contribution in [3.63, 3.8) is 0 Å². The Morgan fingerprint density at radius 3 is 2.71 bits per heavy atom. The highest BCUT2D eigenvalue weighted by Crippen LogP contribution is 2.31. The topological polar surface area (TPSA) is 67.8 Å². The predicted molar refractivity (Wildman–Crippen MR) is 72.8 cm³/mol. The van der Waals surface area contributed by atoms with Gasteiger partial charge in [0.2, 0.25) is 0 Å². The third-order valence-corrected chi connectivity index (χ3v) is 3.51. The van der Waals surface area contributed by atoms with Gasteiger partial charge in [0.25, 0.3) is 0 Å². The van der Waals surface area contributed by atoms with Crippen molar-refractivity contribution in [3.8, 4) is 0 Å². The Kier molecular flexibility index (Phi) is 3.50. The lowest BCUT2D eigenvalue weighted by Crippen LogP contribution is -2.22. The lowest BCUT2D eigenvalue weighted by molar-refractivity contribution is 0.445. The zero-order valence-electron chi connectivity index (χ0n) is 10.5. The number of hydrogen-bond donors (Lipinski definition) is 3. The van der Waals surface area contributed by atoms with Gasteiger partial charge < -0.3 is 16.5 Å². The lowest BCUT2D eigenvalue weighted by atomic mass is 9.91. The molecule has 0 fully saturated rings. The van der Waals surface area contributed by atoms with Crippen molar-refractivity contribution in [2.45, 2.75) is 26.3 Å². The Morgan fingerprint density at radius 1 is 1.29 bits per heavy atom. The maximum absolute atomic E-state index is 6.36. The first-order valence-electron chi connectivity index (χ1n) is 6.18. The molecule has 2 atom stereocenters. The average Bonchev–Trinajstić information content (AvgIpc) is 2.64. The molecule has 2 aromatic rings. The van der Waals surface area contributed by atoms with E-state index in [9.17, 15) is 0 Å². The van der Waals surface area contributed by atoms with E-state index in [-0.39, 0.29) is 6.04 Å². The van der Waals surface area contributed by atoms with Crippen LogP contribution in [0.2, 0.25) is 0 Å². The van der Waals surface area contributed by atoms with E-state index < -0.39 is 0 Å². The van der Waals surface area contributed by atoms with Gasteiger partial charge in [0.1, 0.15) is 0 Å². The number of aromatic amines is 1. The van der Waals surface area contributed by atoms with E-state index in [2.05, 4.69) is 37.0 Å². The Morgan fingerprint density at radius 2 is 2.00 bits per heavy atom. The van der Waals surface area contributed by atoms with E-state index in [0.717, 1.165) is 11.9 Å². The zero-order chi connectivity index (χ0) is 12.4. The van der Waals surface area contributed by atoms with Crippen molar-refractivity contribution >= 4 is 10.9 Å². The largest absolute Gasteiger partial charge is 0.358 e. The molecule has 3 nitrogen and oxygen atoms in total. The third-order valence-electron chi connectivity index (χ3n) is 3.51. The van der Waals surface area contributed by atoms with E-state index in [1.807, 2.05) is 6.07 Å². The summed E-state index contributed by atoms with van der Waals surface area (Å²) in [6, 6.07) is 8.36. The first kappa shape index (κ1) is 12.1. The molecule has 2 unspecified atom stereocenters. The van der Waals surface area contributed by atoms with Gasteiger partial charge in [-0.15, -0.1) is 0 Å². The maximum Gasteiger partial charge on any atom is 0.0459 e. The van der Waals surface area contributed by atoms with E-state index >= 15 is 0 Å². The number of rotatable bonds is 4. The Balaban J connectivity index is 2.43. The second kappa shape index (κ2) is 4.90. The summed E-state index contributed by atoms with van der Waals surface area (Å²) in [5, 5.41) is 1.24. The highest BCUT2D eigenvalue weighted by Gasteiger charge is 2.20. The van der Waals surface area contributed by atoms with Gasteiger partial charge in [-0.05, 0) is 37.4 Å². The Labute approximate surface area is 102 Å². The first-order chi connectivity index (χ1) is 8.15. The molecular formula is C14H21N3. The van der Waals surface area contributed by atoms with Crippen LogP contribution >= 0.6 is 0 Å². The number of nitrogens with one attached hydrogen (secondary N) is 1. The van der Waals surface area contributed by atoms with Gasteiger partial charge in [0.05, 0.1) is 0 Å². The van der Waals surface area contributed by atoms with Crippen LogP contribution in [0, 0.1) is 12.8 Å². The van der Waals surface area contributed by atoms with Crippen molar-refractivity contribution < 1.29 is 0 Å². The minimum Gasteiger partial charge on any atom is -0.358 e. The molecule has 0 aliphatic rings. The summed E-state index contributed by atoms with van der Waals surface area (Å²) < 4.78 is 0. The highest BCUT2D eigenvalue weighted by atomic mass is 14.8. The molecule has 0 spiro atoms. The first-order valence-corrected chi connectivity index (χ1v) is 6.18. The Bertz CT molecular complexity index is 501. The predicted octanol–water partition coefficient (Wildman–Crippen LogP) is 2.46. The summed E-state index contributed by atoms with van der Waals surface area (Å²) in [4.78, 5) is 3.39. The molecule has 5 N–H and O–H groups in total. The fourth-order valence-corrected chi connectivity index (χ4v) is 2.45. The number of hydrogen-bond acceptors (Lipinski definition) is 2. The summed E-state index contributed by atoms with van der Waals surface area (Å²) in [5.41, 5.74) is 15.5. The number of aromatic nitrogens is 1. The lowest BCUT2D eigenvalue weighted by Gasteiger charge is -2.20. The number of fused-ring (bicyclic) bond motifs is 1. The van der Waals surface area contributed by atoms with Gasteiger partial charge in [-0.25, -0.2) is 0 Å². The number of H-pyrrole nitrogens is 1. The second-order valence-corrected chi connectivity index (χ2v) is 4.79. The Hall–Kier alpha value is -1.32. The molecule has 1 aromatic heterocycles. The van der Waals surface area contributed by atoms with Crippen LogP contribution < -0.4 is 11.5 Å². The van der Waals surface area contributed by atoms with Crippen molar-refractivity contribution in [2.75, 3.05) is 6.54 Å². The van der Waals surface area contributed by atoms with E-state index in [1.54, 1.807) is 0 Å². The van der Waals surface area contributed by atoms with Gasteiger partial charge in [0.15, 0.2) is 0 Å². The number of benzene rings is 1. The molecule has 0 aliphatic heterocycles. The molecule has 92 valence electrons. The van der Waals surface area contributed by atoms with Crippen LogP contribution in [0.15, 0.2) is 24.3 Å². The van der Waals surface area contributed by atoms with E-state index in [0.29, 0.717) is 12.5 Å². The number of aryl methyl sites for hydroxylation is 1. The van der Waals surface area contributed by atoms with Crippen LogP contribution in [0.5, 0.6) is 0 Å².